The molecule has 0 N–H and O–H groups in total. The summed E-state index contributed by atoms with van der Waals surface area (Å²) in [4.78, 5) is 7.82. The van der Waals surface area contributed by atoms with Crippen LogP contribution in [0, 0.1) is 6.92 Å². The van der Waals surface area contributed by atoms with Gasteiger partial charge < -0.3 is 4.74 Å². The van der Waals surface area contributed by atoms with E-state index in [1.165, 1.54) is 0 Å². The van der Waals surface area contributed by atoms with Gasteiger partial charge in [-0.3, -0.25) is 0 Å². The average molecular weight is 187 g/mol. The topological polar surface area (TPSA) is 35.0 Å². The number of rotatable bonds is 3. The lowest BCUT2D eigenvalue weighted by atomic mass is 10.4. The Bertz CT molecular complexity index is 245. The SMILES string of the molecule is CCCOc1cc(C)nc(Cl)n1. The molecule has 0 spiro atoms. The number of halogens is 1. The van der Waals surface area contributed by atoms with E-state index in [1.54, 1.807) is 6.07 Å². The molecule has 0 atom stereocenters. The molecule has 1 heterocycles. The van der Waals surface area contributed by atoms with Crippen LogP contribution in [0.3, 0.4) is 0 Å². The maximum Gasteiger partial charge on any atom is 0.225 e. The number of aromatic nitrogens is 2. The third-order valence-corrected chi connectivity index (χ3v) is 1.43. The zero-order valence-corrected chi connectivity index (χ0v) is 7.93. The van der Waals surface area contributed by atoms with Crippen LogP contribution in [0.1, 0.15) is 19.0 Å². The normalized spacial score (nSPS) is 9.92. The summed E-state index contributed by atoms with van der Waals surface area (Å²) in [6.45, 7) is 4.55. The van der Waals surface area contributed by atoms with Crippen LogP contribution < -0.4 is 4.74 Å². The molecule has 0 aliphatic carbocycles. The molecule has 3 nitrogen and oxygen atoms in total. The molecule has 0 fully saturated rings. The average Bonchev–Trinajstić information content (AvgIpc) is 1.99. The Morgan fingerprint density at radius 2 is 2.25 bits per heavy atom. The first-order valence-corrected chi connectivity index (χ1v) is 4.24. The van der Waals surface area contributed by atoms with Crippen molar-refractivity contribution < 1.29 is 4.74 Å². The van der Waals surface area contributed by atoms with Crippen molar-refractivity contribution in [2.45, 2.75) is 20.3 Å². The molecule has 0 saturated heterocycles. The van der Waals surface area contributed by atoms with Gasteiger partial charge in [0.2, 0.25) is 11.2 Å². The van der Waals surface area contributed by atoms with Crippen molar-refractivity contribution in [1.29, 1.82) is 0 Å². The second-order valence-electron chi connectivity index (χ2n) is 2.47. The Morgan fingerprint density at radius 3 is 2.83 bits per heavy atom. The van der Waals surface area contributed by atoms with Crippen molar-refractivity contribution >= 4 is 11.6 Å². The third-order valence-electron chi connectivity index (χ3n) is 1.26. The van der Waals surface area contributed by atoms with E-state index in [0.717, 1.165) is 12.1 Å². The lowest BCUT2D eigenvalue weighted by molar-refractivity contribution is 0.304. The van der Waals surface area contributed by atoms with Crippen molar-refractivity contribution in [3.05, 3.63) is 17.0 Å². The molecule has 0 saturated carbocycles. The fourth-order valence-electron chi connectivity index (χ4n) is 0.785. The Kier molecular flexibility index (Phi) is 3.29. The van der Waals surface area contributed by atoms with Gasteiger partial charge in [-0.05, 0) is 24.9 Å². The second kappa shape index (κ2) is 4.26. The van der Waals surface area contributed by atoms with Crippen LogP contribution in [0.5, 0.6) is 5.88 Å². The molecule has 0 bridgehead atoms. The highest BCUT2D eigenvalue weighted by atomic mass is 35.5. The number of hydrogen-bond acceptors (Lipinski definition) is 3. The summed E-state index contributed by atoms with van der Waals surface area (Å²) in [5.41, 5.74) is 0.820. The van der Waals surface area contributed by atoms with Gasteiger partial charge in [0.25, 0.3) is 0 Å². The maximum absolute atomic E-state index is 5.63. The summed E-state index contributed by atoms with van der Waals surface area (Å²) in [7, 11) is 0. The molecule has 1 rings (SSSR count). The van der Waals surface area contributed by atoms with Crippen LogP contribution in [0.25, 0.3) is 0 Å². The van der Waals surface area contributed by atoms with Crippen LogP contribution in [-0.4, -0.2) is 16.6 Å². The van der Waals surface area contributed by atoms with E-state index in [2.05, 4.69) is 9.97 Å². The van der Waals surface area contributed by atoms with Crippen LogP contribution >= 0.6 is 11.6 Å². The Balaban J connectivity index is 2.72. The Hall–Kier alpha value is -0.830. The van der Waals surface area contributed by atoms with Gasteiger partial charge in [0.05, 0.1) is 6.61 Å². The van der Waals surface area contributed by atoms with Crippen molar-refractivity contribution in [3.8, 4) is 5.88 Å². The fourth-order valence-corrected chi connectivity index (χ4v) is 1.00. The van der Waals surface area contributed by atoms with Crippen LogP contribution in [0.15, 0.2) is 6.07 Å². The molecular weight excluding hydrogens is 176 g/mol. The standard InChI is InChI=1S/C8H11ClN2O/c1-3-4-12-7-5-6(2)10-8(9)11-7/h5H,3-4H2,1-2H3. The molecule has 4 heteroatoms. The van der Waals surface area contributed by atoms with Gasteiger partial charge >= 0.3 is 0 Å². The predicted molar refractivity (Wildman–Crippen MR) is 47.6 cm³/mol. The highest BCUT2D eigenvalue weighted by Gasteiger charge is 1.99. The highest BCUT2D eigenvalue weighted by Crippen LogP contribution is 2.11. The van der Waals surface area contributed by atoms with E-state index >= 15 is 0 Å². The van der Waals surface area contributed by atoms with Gasteiger partial charge in [-0.15, -0.1) is 0 Å². The van der Waals surface area contributed by atoms with E-state index < -0.39 is 0 Å². The summed E-state index contributed by atoms with van der Waals surface area (Å²) in [6.07, 6.45) is 0.959. The van der Waals surface area contributed by atoms with Crippen LogP contribution in [-0.2, 0) is 0 Å². The largest absolute Gasteiger partial charge is 0.478 e. The van der Waals surface area contributed by atoms with E-state index in [1.807, 2.05) is 13.8 Å². The van der Waals surface area contributed by atoms with Crippen molar-refractivity contribution in [2.24, 2.45) is 0 Å². The summed E-state index contributed by atoms with van der Waals surface area (Å²) >= 11 is 5.63. The number of nitrogens with zero attached hydrogens (tertiary/aromatic N) is 2. The molecule has 1 aromatic rings. The zero-order valence-electron chi connectivity index (χ0n) is 7.17. The predicted octanol–water partition coefficient (Wildman–Crippen LogP) is 2.23. The van der Waals surface area contributed by atoms with Crippen molar-refractivity contribution in [2.75, 3.05) is 6.61 Å². The molecule has 0 amide bonds. The molecule has 1 aromatic heterocycles. The lowest BCUT2D eigenvalue weighted by Crippen LogP contribution is -1.99. The van der Waals surface area contributed by atoms with E-state index in [0.29, 0.717) is 12.5 Å². The molecule has 66 valence electrons. The molecule has 0 unspecified atom stereocenters. The summed E-state index contributed by atoms with van der Waals surface area (Å²) in [6, 6.07) is 1.77. The highest BCUT2D eigenvalue weighted by molar-refractivity contribution is 6.28. The summed E-state index contributed by atoms with van der Waals surface area (Å²) < 4.78 is 5.28. The number of ether oxygens (including phenoxy) is 1. The first kappa shape index (κ1) is 9.26. The van der Waals surface area contributed by atoms with Gasteiger partial charge in [-0.25, -0.2) is 4.98 Å². The number of hydrogen-bond donors (Lipinski definition) is 0. The molecule has 12 heavy (non-hydrogen) atoms. The minimum Gasteiger partial charge on any atom is -0.478 e. The first-order chi connectivity index (χ1) is 5.72. The Morgan fingerprint density at radius 1 is 1.50 bits per heavy atom. The first-order valence-electron chi connectivity index (χ1n) is 3.86. The van der Waals surface area contributed by atoms with Gasteiger partial charge in [-0.1, -0.05) is 6.92 Å². The molecule has 0 aliphatic heterocycles. The van der Waals surface area contributed by atoms with Crippen LogP contribution in [0.2, 0.25) is 5.28 Å². The van der Waals surface area contributed by atoms with Crippen LogP contribution in [0.4, 0.5) is 0 Å². The van der Waals surface area contributed by atoms with E-state index in [9.17, 15) is 0 Å². The van der Waals surface area contributed by atoms with Gasteiger partial charge in [0.15, 0.2) is 0 Å². The van der Waals surface area contributed by atoms with Gasteiger partial charge in [-0.2, -0.15) is 4.98 Å². The summed E-state index contributed by atoms with van der Waals surface area (Å²) in [5.74, 6) is 0.550. The van der Waals surface area contributed by atoms with Gasteiger partial charge in [0, 0.05) is 11.8 Å². The van der Waals surface area contributed by atoms with Gasteiger partial charge in [0.1, 0.15) is 0 Å². The lowest BCUT2D eigenvalue weighted by Gasteiger charge is -2.03. The summed E-state index contributed by atoms with van der Waals surface area (Å²) in [5, 5.41) is 0.237. The fraction of sp³-hybridized carbons (Fsp3) is 0.500. The Labute approximate surface area is 76.7 Å². The quantitative estimate of drug-likeness (QED) is 0.679. The van der Waals surface area contributed by atoms with E-state index in [4.69, 9.17) is 16.3 Å². The molecule has 0 aliphatic rings. The third kappa shape index (κ3) is 2.66. The minimum absolute atomic E-state index is 0.237. The monoisotopic (exact) mass is 186 g/mol. The van der Waals surface area contributed by atoms with Crippen molar-refractivity contribution in [1.82, 2.24) is 9.97 Å². The molecule has 0 aromatic carbocycles. The minimum atomic E-state index is 0.237. The smallest absolute Gasteiger partial charge is 0.225 e. The number of aryl methyl sites for hydroxylation is 1. The molecular formula is C8H11ClN2O. The van der Waals surface area contributed by atoms with Crippen molar-refractivity contribution in [3.63, 3.8) is 0 Å². The maximum atomic E-state index is 5.63. The zero-order chi connectivity index (χ0) is 8.97. The van der Waals surface area contributed by atoms with E-state index in [-0.39, 0.29) is 5.28 Å². The molecule has 0 radical (unpaired) electrons. The second-order valence-corrected chi connectivity index (χ2v) is 2.80.